The van der Waals surface area contributed by atoms with E-state index in [9.17, 15) is 8.42 Å². The van der Waals surface area contributed by atoms with Crippen LogP contribution in [0.5, 0.6) is 0 Å². The molecule has 1 fully saturated rings. The first-order valence-electron chi connectivity index (χ1n) is 5.30. The van der Waals surface area contributed by atoms with E-state index in [0.717, 1.165) is 31.9 Å². The summed E-state index contributed by atoms with van der Waals surface area (Å²) in [6.45, 7) is 0. The Labute approximate surface area is 93.7 Å². The van der Waals surface area contributed by atoms with E-state index in [1.165, 1.54) is 6.42 Å². The third kappa shape index (κ3) is 11.8. The molecule has 1 aliphatic carbocycles. The summed E-state index contributed by atoms with van der Waals surface area (Å²) in [5, 5.41) is 0. The standard InChI is InChI=1S/C7H14O3S.C3H9N/c1-11(8,9)10-7-5-3-2-4-6-7;1-4(2)3/h7H,2-6H2,1H3;1-3H3. The lowest BCUT2D eigenvalue weighted by Gasteiger charge is -2.19. The molecule has 0 saturated heterocycles. The van der Waals surface area contributed by atoms with Gasteiger partial charge in [0.15, 0.2) is 0 Å². The highest BCUT2D eigenvalue weighted by Crippen LogP contribution is 2.21. The fraction of sp³-hybridized carbons (Fsp3) is 1.00. The Balaban J connectivity index is 0.000000423. The fourth-order valence-corrected chi connectivity index (χ4v) is 2.10. The van der Waals surface area contributed by atoms with Gasteiger partial charge in [0.25, 0.3) is 10.1 Å². The van der Waals surface area contributed by atoms with Gasteiger partial charge >= 0.3 is 0 Å². The van der Waals surface area contributed by atoms with Crippen molar-refractivity contribution in [2.24, 2.45) is 0 Å². The number of nitrogens with zero attached hydrogens (tertiary/aromatic N) is 1. The van der Waals surface area contributed by atoms with E-state index in [-0.39, 0.29) is 6.10 Å². The van der Waals surface area contributed by atoms with Crippen LogP contribution in [0.1, 0.15) is 32.1 Å². The maximum absolute atomic E-state index is 10.7. The average Bonchev–Trinajstić information content (AvgIpc) is 2.01. The maximum Gasteiger partial charge on any atom is 0.264 e. The van der Waals surface area contributed by atoms with Crippen molar-refractivity contribution in [3.63, 3.8) is 0 Å². The highest BCUT2D eigenvalue weighted by Gasteiger charge is 2.17. The Hall–Kier alpha value is -0.130. The maximum atomic E-state index is 10.7. The fourth-order valence-electron chi connectivity index (χ4n) is 1.41. The molecule has 0 atom stereocenters. The van der Waals surface area contributed by atoms with Crippen molar-refractivity contribution < 1.29 is 12.6 Å². The zero-order valence-electron chi connectivity index (χ0n) is 10.2. The monoisotopic (exact) mass is 237 g/mol. The molecule has 0 spiro atoms. The van der Waals surface area contributed by atoms with Gasteiger partial charge in [0, 0.05) is 0 Å². The van der Waals surface area contributed by atoms with Gasteiger partial charge in [-0.25, -0.2) is 0 Å². The van der Waals surface area contributed by atoms with Crippen LogP contribution in [0.15, 0.2) is 0 Å². The lowest BCUT2D eigenvalue weighted by atomic mass is 9.98. The first-order chi connectivity index (χ1) is 6.81. The highest BCUT2D eigenvalue weighted by atomic mass is 32.2. The van der Waals surface area contributed by atoms with Crippen LogP contribution in [0, 0.1) is 0 Å². The predicted octanol–water partition coefficient (Wildman–Crippen LogP) is 1.47. The van der Waals surface area contributed by atoms with Crippen LogP contribution in [0.3, 0.4) is 0 Å². The molecule has 1 rings (SSSR count). The molecule has 5 heteroatoms. The largest absolute Gasteiger partial charge is 0.312 e. The smallest absolute Gasteiger partial charge is 0.264 e. The van der Waals surface area contributed by atoms with Crippen molar-refractivity contribution in [3.05, 3.63) is 0 Å². The van der Waals surface area contributed by atoms with Crippen LogP contribution in [0.2, 0.25) is 0 Å². The van der Waals surface area contributed by atoms with E-state index in [4.69, 9.17) is 4.18 Å². The van der Waals surface area contributed by atoms with Crippen LogP contribution in [0.4, 0.5) is 0 Å². The molecular formula is C10H23NO3S. The summed E-state index contributed by atoms with van der Waals surface area (Å²) in [6.07, 6.45) is 6.27. The Morgan fingerprint density at radius 2 is 1.47 bits per heavy atom. The van der Waals surface area contributed by atoms with Crippen molar-refractivity contribution in [2.45, 2.75) is 38.2 Å². The van der Waals surface area contributed by atoms with Gasteiger partial charge in [-0.05, 0) is 34.0 Å². The van der Waals surface area contributed by atoms with Crippen molar-refractivity contribution >= 4 is 10.1 Å². The Bertz CT molecular complexity index is 241. The van der Waals surface area contributed by atoms with Crippen molar-refractivity contribution in [2.75, 3.05) is 27.4 Å². The minimum absolute atomic E-state index is 0.0428. The van der Waals surface area contributed by atoms with Crippen LogP contribution >= 0.6 is 0 Å². The third-order valence-corrected chi connectivity index (χ3v) is 2.48. The second kappa shape index (κ2) is 7.19. The number of hydrogen-bond acceptors (Lipinski definition) is 4. The Morgan fingerprint density at radius 3 is 1.80 bits per heavy atom. The molecule has 0 radical (unpaired) electrons. The molecular weight excluding hydrogens is 214 g/mol. The summed E-state index contributed by atoms with van der Waals surface area (Å²) in [7, 11) is 2.78. The van der Waals surface area contributed by atoms with Crippen LogP contribution in [-0.4, -0.2) is 46.8 Å². The van der Waals surface area contributed by atoms with Gasteiger partial charge < -0.3 is 4.90 Å². The molecule has 0 unspecified atom stereocenters. The van der Waals surface area contributed by atoms with E-state index in [1.807, 2.05) is 26.0 Å². The lowest BCUT2D eigenvalue weighted by molar-refractivity contribution is 0.164. The molecule has 0 aromatic carbocycles. The SMILES string of the molecule is CN(C)C.CS(=O)(=O)OC1CCCCC1. The van der Waals surface area contributed by atoms with Crippen LogP contribution in [0.25, 0.3) is 0 Å². The summed E-state index contributed by atoms with van der Waals surface area (Å²) < 4.78 is 26.2. The second-order valence-electron chi connectivity index (χ2n) is 4.40. The van der Waals surface area contributed by atoms with Gasteiger partial charge in [-0.1, -0.05) is 19.3 Å². The zero-order valence-corrected chi connectivity index (χ0v) is 11.0. The van der Waals surface area contributed by atoms with Crippen molar-refractivity contribution in [1.82, 2.24) is 4.90 Å². The normalized spacial score (nSPS) is 18.5. The van der Waals surface area contributed by atoms with Gasteiger partial charge in [0.05, 0.1) is 12.4 Å². The quantitative estimate of drug-likeness (QED) is 0.682. The number of rotatable bonds is 2. The number of hydrogen-bond donors (Lipinski definition) is 0. The zero-order chi connectivity index (χ0) is 11.9. The summed E-state index contributed by atoms with van der Waals surface area (Å²) in [5.74, 6) is 0. The molecule has 0 amide bonds. The Kier molecular flexibility index (Phi) is 7.13. The molecule has 15 heavy (non-hydrogen) atoms. The van der Waals surface area contributed by atoms with E-state index in [0.29, 0.717) is 0 Å². The van der Waals surface area contributed by atoms with Crippen LogP contribution < -0.4 is 0 Å². The molecule has 0 heterocycles. The minimum Gasteiger partial charge on any atom is -0.312 e. The van der Waals surface area contributed by atoms with Gasteiger partial charge in [0.1, 0.15) is 0 Å². The highest BCUT2D eigenvalue weighted by molar-refractivity contribution is 7.86. The van der Waals surface area contributed by atoms with Gasteiger partial charge in [-0.3, -0.25) is 4.18 Å². The molecule has 0 bridgehead atoms. The molecule has 4 nitrogen and oxygen atoms in total. The van der Waals surface area contributed by atoms with Crippen molar-refractivity contribution in [3.8, 4) is 0 Å². The summed E-state index contributed by atoms with van der Waals surface area (Å²) >= 11 is 0. The van der Waals surface area contributed by atoms with E-state index >= 15 is 0 Å². The predicted molar refractivity (Wildman–Crippen MR) is 62.4 cm³/mol. The van der Waals surface area contributed by atoms with Crippen LogP contribution in [-0.2, 0) is 14.3 Å². The molecule has 0 N–H and O–H groups in total. The van der Waals surface area contributed by atoms with Gasteiger partial charge in [-0.2, -0.15) is 8.42 Å². The summed E-state index contributed by atoms with van der Waals surface area (Å²) in [6, 6.07) is 0. The molecule has 0 aromatic rings. The molecule has 0 aliphatic heterocycles. The second-order valence-corrected chi connectivity index (χ2v) is 6.00. The first kappa shape index (κ1) is 14.9. The van der Waals surface area contributed by atoms with Crippen molar-refractivity contribution in [1.29, 1.82) is 0 Å². The molecule has 0 aromatic heterocycles. The van der Waals surface area contributed by atoms with Gasteiger partial charge in [0.2, 0.25) is 0 Å². The average molecular weight is 237 g/mol. The minimum atomic E-state index is -3.22. The summed E-state index contributed by atoms with van der Waals surface area (Å²) in [5.41, 5.74) is 0. The molecule has 1 aliphatic rings. The van der Waals surface area contributed by atoms with Gasteiger partial charge in [-0.15, -0.1) is 0 Å². The lowest BCUT2D eigenvalue weighted by Crippen LogP contribution is -2.20. The summed E-state index contributed by atoms with van der Waals surface area (Å²) in [4.78, 5) is 2.00. The van der Waals surface area contributed by atoms with E-state index < -0.39 is 10.1 Å². The topological polar surface area (TPSA) is 46.6 Å². The molecule has 92 valence electrons. The molecule has 1 saturated carbocycles. The Morgan fingerprint density at radius 1 is 1.07 bits per heavy atom. The third-order valence-electron chi connectivity index (χ3n) is 1.86. The first-order valence-corrected chi connectivity index (χ1v) is 7.12. The van der Waals surface area contributed by atoms with E-state index in [2.05, 4.69) is 0 Å². The van der Waals surface area contributed by atoms with E-state index in [1.54, 1.807) is 0 Å².